The number of hydrogen-bond acceptors (Lipinski definition) is 5. The molecule has 144 valence electrons. The number of Topliss-reactive ketones (excluding diaryl/α,β-unsaturated/α-hetero) is 1. The molecule has 0 aromatic heterocycles. The fourth-order valence-corrected chi connectivity index (χ4v) is 3.57. The zero-order chi connectivity index (χ0) is 20.2. The highest BCUT2D eigenvalue weighted by molar-refractivity contribution is 7.92. The minimum atomic E-state index is -3.74. The van der Waals surface area contributed by atoms with Crippen LogP contribution in [0.15, 0.2) is 42.5 Å². The van der Waals surface area contributed by atoms with Gasteiger partial charge in [-0.2, -0.15) is 0 Å². The molecule has 2 rings (SSSR count). The van der Waals surface area contributed by atoms with Crippen LogP contribution in [0.4, 0.5) is 5.69 Å². The van der Waals surface area contributed by atoms with Crippen LogP contribution in [0.1, 0.15) is 21.5 Å². The van der Waals surface area contributed by atoms with Crippen molar-refractivity contribution < 1.29 is 22.7 Å². The van der Waals surface area contributed by atoms with E-state index in [0.717, 1.165) is 21.7 Å². The normalized spacial score (nSPS) is 11.1. The van der Waals surface area contributed by atoms with Crippen LogP contribution in [-0.2, 0) is 19.6 Å². The Morgan fingerprint density at radius 3 is 2.41 bits per heavy atom. The third-order valence-corrected chi connectivity index (χ3v) is 5.19. The zero-order valence-corrected chi connectivity index (χ0v) is 16.8. The molecule has 0 heterocycles. The lowest BCUT2D eigenvalue weighted by atomic mass is 10.0. The number of esters is 1. The number of aryl methyl sites for hydroxylation is 2. The van der Waals surface area contributed by atoms with E-state index in [1.807, 2.05) is 13.0 Å². The second-order valence-corrected chi connectivity index (χ2v) is 8.49. The molecule has 6 nitrogen and oxygen atoms in total. The summed E-state index contributed by atoms with van der Waals surface area (Å²) in [5, 5.41) is 0.333. The van der Waals surface area contributed by atoms with Gasteiger partial charge in [0, 0.05) is 10.6 Å². The maximum atomic E-state index is 12.3. The fourth-order valence-electron chi connectivity index (χ4n) is 2.54. The number of rotatable bonds is 7. The molecule has 0 N–H and O–H groups in total. The Kier molecular flexibility index (Phi) is 6.62. The maximum Gasteiger partial charge on any atom is 0.327 e. The minimum Gasteiger partial charge on any atom is -0.456 e. The number of ether oxygens (including phenoxy) is 1. The Morgan fingerprint density at radius 1 is 1.11 bits per heavy atom. The minimum absolute atomic E-state index is 0.239. The number of carbonyl (C=O) groups excluding carboxylic acids is 2. The summed E-state index contributed by atoms with van der Waals surface area (Å²) in [5.41, 5.74) is 2.50. The van der Waals surface area contributed by atoms with Crippen molar-refractivity contribution in [3.63, 3.8) is 0 Å². The molecular weight excluding hydrogens is 390 g/mol. The number of benzene rings is 2. The van der Waals surface area contributed by atoms with E-state index in [-0.39, 0.29) is 11.5 Å². The monoisotopic (exact) mass is 409 g/mol. The molecule has 0 bridgehead atoms. The Balaban J connectivity index is 2.07. The van der Waals surface area contributed by atoms with Crippen molar-refractivity contribution in [1.82, 2.24) is 0 Å². The highest BCUT2D eigenvalue weighted by atomic mass is 35.5. The molecule has 0 aliphatic carbocycles. The quantitative estimate of drug-likeness (QED) is 0.518. The van der Waals surface area contributed by atoms with Gasteiger partial charge in [-0.3, -0.25) is 13.9 Å². The summed E-state index contributed by atoms with van der Waals surface area (Å²) < 4.78 is 29.9. The highest BCUT2D eigenvalue weighted by Gasteiger charge is 2.22. The zero-order valence-electron chi connectivity index (χ0n) is 15.2. The van der Waals surface area contributed by atoms with Gasteiger partial charge in [0.1, 0.15) is 6.54 Å². The summed E-state index contributed by atoms with van der Waals surface area (Å²) in [6.07, 6.45) is 0.974. The van der Waals surface area contributed by atoms with Gasteiger partial charge in [-0.05, 0) is 37.6 Å². The van der Waals surface area contributed by atoms with E-state index < -0.39 is 29.1 Å². The third kappa shape index (κ3) is 5.80. The molecule has 0 saturated heterocycles. The van der Waals surface area contributed by atoms with Gasteiger partial charge >= 0.3 is 5.97 Å². The van der Waals surface area contributed by atoms with Crippen LogP contribution in [0, 0.1) is 13.8 Å². The van der Waals surface area contributed by atoms with Crippen molar-refractivity contribution >= 4 is 39.1 Å². The number of anilines is 1. The fraction of sp³-hybridized carbons (Fsp3) is 0.263. The summed E-state index contributed by atoms with van der Waals surface area (Å²) in [6.45, 7) is 2.69. The van der Waals surface area contributed by atoms with E-state index in [4.69, 9.17) is 16.3 Å². The van der Waals surface area contributed by atoms with Gasteiger partial charge in [0.15, 0.2) is 6.61 Å². The van der Waals surface area contributed by atoms with Gasteiger partial charge in [0.25, 0.3) is 0 Å². The molecule has 2 aromatic carbocycles. The van der Waals surface area contributed by atoms with Crippen molar-refractivity contribution in [1.29, 1.82) is 0 Å². The van der Waals surface area contributed by atoms with Crippen LogP contribution in [-0.4, -0.2) is 39.6 Å². The van der Waals surface area contributed by atoms with Crippen molar-refractivity contribution in [2.75, 3.05) is 23.7 Å². The lowest BCUT2D eigenvalue weighted by Gasteiger charge is -2.21. The Labute approximate surface area is 163 Å². The summed E-state index contributed by atoms with van der Waals surface area (Å²) in [7, 11) is -3.74. The number of ketones is 1. The number of hydrogen-bond donors (Lipinski definition) is 0. The van der Waals surface area contributed by atoms with Gasteiger partial charge in [-0.25, -0.2) is 8.42 Å². The SMILES string of the molecule is Cc1ccc(C(=O)COC(=O)CN(c2cccc(Cl)c2)S(C)(=O)=O)c(C)c1. The molecule has 0 saturated carbocycles. The highest BCUT2D eigenvalue weighted by Crippen LogP contribution is 2.21. The molecule has 0 spiro atoms. The Bertz CT molecular complexity index is 972. The largest absolute Gasteiger partial charge is 0.456 e. The van der Waals surface area contributed by atoms with Crippen LogP contribution < -0.4 is 4.31 Å². The molecule has 0 unspecified atom stereocenters. The number of sulfonamides is 1. The molecule has 2 aromatic rings. The molecule has 0 aliphatic rings. The number of carbonyl (C=O) groups is 2. The van der Waals surface area contributed by atoms with Crippen LogP contribution in [0.25, 0.3) is 0 Å². The van der Waals surface area contributed by atoms with Gasteiger partial charge in [0.05, 0.1) is 11.9 Å². The topological polar surface area (TPSA) is 80.8 Å². The molecular formula is C19H20ClNO5S. The second-order valence-electron chi connectivity index (χ2n) is 6.15. The first-order valence-corrected chi connectivity index (χ1v) is 10.3. The van der Waals surface area contributed by atoms with Gasteiger partial charge in [0.2, 0.25) is 15.8 Å². The first-order chi connectivity index (χ1) is 12.6. The van der Waals surface area contributed by atoms with Crippen molar-refractivity contribution in [3.8, 4) is 0 Å². The summed E-state index contributed by atoms with van der Waals surface area (Å²) in [4.78, 5) is 24.4. The molecule has 8 heteroatoms. The van der Waals surface area contributed by atoms with Crippen molar-refractivity contribution in [2.24, 2.45) is 0 Å². The molecule has 0 aliphatic heterocycles. The van der Waals surface area contributed by atoms with Crippen LogP contribution in [0.5, 0.6) is 0 Å². The van der Waals surface area contributed by atoms with E-state index in [1.165, 1.54) is 12.1 Å². The molecule has 0 radical (unpaired) electrons. The molecule has 27 heavy (non-hydrogen) atoms. The second kappa shape index (κ2) is 8.54. The van der Waals surface area contributed by atoms with Crippen molar-refractivity contribution in [3.05, 3.63) is 64.2 Å². The standard InChI is InChI=1S/C19H20ClNO5S/c1-13-7-8-17(14(2)9-13)18(22)12-26-19(23)11-21(27(3,24)25)16-6-4-5-15(20)10-16/h4-10H,11-12H2,1-3H3. The predicted octanol–water partition coefficient (Wildman–Crippen LogP) is 3.15. The predicted molar refractivity (Wildman–Crippen MR) is 105 cm³/mol. The first-order valence-electron chi connectivity index (χ1n) is 8.07. The Morgan fingerprint density at radius 2 is 1.81 bits per heavy atom. The number of nitrogens with zero attached hydrogens (tertiary/aromatic N) is 1. The lowest BCUT2D eigenvalue weighted by molar-refractivity contribution is -0.140. The third-order valence-electron chi connectivity index (χ3n) is 3.82. The van der Waals surface area contributed by atoms with Crippen molar-refractivity contribution in [2.45, 2.75) is 13.8 Å². The summed E-state index contributed by atoms with van der Waals surface area (Å²) in [5.74, 6) is -1.19. The molecule has 0 amide bonds. The first kappa shape index (κ1) is 20.9. The Hall–Kier alpha value is -2.38. The van der Waals surface area contributed by atoms with E-state index in [2.05, 4.69) is 0 Å². The lowest BCUT2D eigenvalue weighted by Crippen LogP contribution is -2.36. The average Bonchev–Trinajstić information content (AvgIpc) is 2.56. The summed E-state index contributed by atoms with van der Waals surface area (Å²) in [6, 6.07) is 11.4. The van der Waals surface area contributed by atoms with E-state index in [1.54, 1.807) is 31.2 Å². The van der Waals surface area contributed by atoms with Crippen LogP contribution in [0.3, 0.4) is 0 Å². The molecule has 0 atom stereocenters. The van der Waals surface area contributed by atoms with E-state index in [9.17, 15) is 18.0 Å². The van der Waals surface area contributed by atoms with Crippen LogP contribution in [0.2, 0.25) is 5.02 Å². The molecule has 0 fully saturated rings. The van der Waals surface area contributed by atoms with Gasteiger partial charge in [-0.15, -0.1) is 0 Å². The smallest absolute Gasteiger partial charge is 0.327 e. The number of halogens is 1. The van der Waals surface area contributed by atoms with E-state index in [0.29, 0.717) is 10.6 Å². The maximum absolute atomic E-state index is 12.3. The van der Waals surface area contributed by atoms with Gasteiger partial charge in [-0.1, -0.05) is 41.4 Å². The summed E-state index contributed by atoms with van der Waals surface area (Å²) >= 11 is 5.89. The average molecular weight is 410 g/mol. The van der Waals surface area contributed by atoms with Gasteiger partial charge < -0.3 is 4.74 Å². The van der Waals surface area contributed by atoms with E-state index >= 15 is 0 Å². The van der Waals surface area contributed by atoms with Crippen LogP contribution >= 0.6 is 11.6 Å².